The number of H-pyrrole nitrogens is 1. The molecule has 0 bridgehead atoms. The van der Waals surface area contributed by atoms with Crippen LogP contribution in [0, 0.1) is 0 Å². The first-order chi connectivity index (χ1) is 7.33. The summed E-state index contributed by atoms with van der Waals surface area (Å²) in [5, 5.41) is 8.87. The predicted molar refractivity (Wildman–Crippen MR) is 56.5 cm³/mol. The quantitative estimate of drug-likeness (QED) is 0.798. The fourth-order valence-corrected chi connectivity index (χ4v) is 1.35. The molecule has 0 saturated heterocycles. The summed E-state index contributed by atoms with van der Waals surface area (Å²) < 4.78 is 5.06. The SMILES string of the molecule is COc1ccc(-c2c[nH]c(CO)n2)cc1. The van der Waals surface area contributed by atoms with Crippen molar-refractivity contribution in [3.8, 4) is 17.0 Å². The second-order valence-corrected chi connectivity index (χ2v) is 3.12. The predicted octanol–water partition coefficient (Wildman–Crippen LogP) is 1.58. The maximum Gasteiger partial charge on any atom is 0.132 e. The van der Waals surface area contributed by atoms with Crippen molar-refractivity contribution >= 4 is 0 Å². The number of hydrogen-bond acceptors (Lipinski definition) is 3. The average Bonchev–Trinajstić information content (AvgIpc) is 2.78. The fourth-order valence-electron chi connectivity index (χ4n) is 1.35. The molecule has 2 aromatic rings. The fraction of sp³-hybridized carbons (Fsp3) is 0.182. The number of imidazole rings is 1. The van der Waals surface area contributed by atoms with Crippen LogP contribution >= 0.6 is 0 Å². The van der Waals surface area contributed by atoms with E-state index in [9.17, 15) is 0 Å². The summed E-state index contributed by atoms with van der Waals surface area (Å²) in [5.74, 6) is 1.39. The van der Waals surface area contributed by atoms with Crippen molar-refractivity contribution in [1.82, 2.24) is 9.97 Å². The van der Waals surface area contributed by atoms with E-state index in [-0.39, 0.29) is 6.61 Å². The molecule has 0 spiro atoms. The molecular formula is C11H12N2O2. The number of hydrogen-bond donors (Lipinski definition) is 2. The minimum Gasteiger partial charge on any atom is -0.497 e. The van der Waals surface area contributed by atoms with Gasteiger partial charge in [-0.3, -0.25) is 0 Å². The Balaban J connectivity index is 2.28. The topological polar surface area (TPSA) is 58.1 Å². The molecule has 0 atom stereocenters. The Labute approximate surface area is 87.6 Å². The number of aromatic nitrogens is 2. The van der Waals surface area contributed by atoms with Gasteiger partial charge in [0, 0.05) is 11.8 Å². The van der Waals surface area contributed by atoms with Gasteiger partial charge in [-0.2, -0.15) is 0 Å². The van der Waals surface area contributed by atoms with Crippen molar-refractivity contribution in [1.29, 1.82) is 0 Å². The minimum atomic E-state index is -0.0733. The Bertz CT molecular complexity index is 434. The molecule has 0 aliphatic heterocycles. The summed E-state index contributed by atoms with van der Waals surface area (Å²) in [7, 11) is 1.63. The highest BCUT2D eigenvalue weighted by Gasteiger charge is 2.02. The van der Waals surface area contributed by atoms with E-state index in [2.05, 4.69) is 9.97 Å². The van der Waals surface area contributed by atoms with Crippen LogP contribution in [-0.2, 0) is 6.61 Å². The van der Waals surface area contributed by atoms with Gasteiger partial charge in [-0.15, -0.1) is 0 Å². The molecule has 4 heteroatoms. The van der Waals surface area contributed by atoms with Crippen LogP contribution in [0.4, 0.5) is 0 Å². The van der Waals surface area contributed by atoms with Crippen LogP contribution < -0.4 is 4.74 Å². The lowest BCUT2D eigenvalue weighted by Crippen LogP contribution is -1.85. The zero-order valence-corrected chi connectivity index (χ0v) is 8.40. The summed E-state index contributed by atoms with van der Waals surface area (Å²) in [4.78, 5) is 7.10. The number of benzene rings is 1. The molecule has 78 valence electrons. The van der Waals surface area contributed by atoms with Crippen LogP contribution in [0.25, 0.3) is 11.3 Å². The van der Waals surface area contributed by atoms with Gasteiger partial charge < -0.3 is 14.8 Å². The molecule has 2 N–H and O–H groups in total. The lowest BCUT2D eigenvalue weighted by Gasteiger charge is -2.00. The van der Waals surface area contributed by atoms with Gasteiger partial charge in [-0.1, -0.05) is 0 Å². The molecular weight excluding hydrogens is 192 g/mol. The molecule has 1 heterocycles. The monoisotopic (exact) mass is 204 g/mol. The molecule has 1 aromatic carbocycles. The third-order valence-electron chi connectivity index (χ3n) is 2.17. The van der Waals surface area contributed by atoms with Crippen LogP contribution in [0.3, 0.4) is 0 Å². The van der Waals surface area contributed by atoms with E-state index in [1.54, 1.807) is 13.3 Å². The summed E-state index contributed by atoms with van der Waals surface area (Å²) in [6.07, 6.45) is 1.77. The van der Waals surface area contributed by atoms with E-state index in [0.29, 0.717) is 5.82 Å². The van der Waals surface area contributed by atoms with Crippen molar-refractivity contribution in [3.05, 3.63) is 36.3 Å². The molecule has 0 aliphatic carbocycles. The standard InChI is InChI=1S/C11H12N2O2/c1-15-9-4-2-8(3-5-9)10-6-12-11(7-14)13-10/h2-6,14H,7H2,1H3,(H,12,13). The number of rotatable bonds is 3. The number of nitrogens with one attached hydrogen (secondary N) is 1. The van der Waals surface area contributed by atoms with E-state index in [1.807, 2.05) is 24.3 Å². The van der Waals surface area contributed by atoms with Gasteiger partial charge in [-0.25, -0.2) is 4.98 Å². The van der Waals surface area contributed by atoms with Crippen molar-refractivity contribution in [3.63, 3.8) is 0 Å². The van der Waals surface area contributed by atoms with E-state index in [4.69, 9.17) is 9.84 Å². The highest BCUT2D eigenvalue weighted by atomic mass is 16.5. The van der Waals surface area contributed by atoms with Crippen LogP contribution in [0.1, 0.15) is 5.82 Å². The highest BCUT2D eigenvalue weighted by Crippen LogP contribution is 2.20. The summed E-state index contributed by atoms with van der Waals surface area (Å²) in [6, 6.07) is 7.61. The van der Waals surface area contributed by atoms with E-state index < -0.39 is 0 Å². The second kappa shape index (κ2) is 4.14. The van der Waals surface area contributed by atoms with Crippen LogP contribution in [0.2, 0.25) is 0 Å². The van der Waals surface area contributed by atoms with Gasteiger partial charge in [0.1, 0.15) is 18.2 Å². The van der Waals surface area contributed by atoms with Gasteiger partial charge in [-0.05, 0) is 24.3 Å². The second-order valence-electron chi connectivity index (χ2n) is 3.12. The van der Waals surface area contributed by atoms with Gasteiger partial charge in [0.25, 0.3) is 0 Å². The Kier molecular flexibility index (Phi) is 2.69. The first-order valence-corrected chi connectivity index (χ1v) is 4.63. The number of nitrogens with zero attached hydrogens (tertiary/aromatic N) is 1. The van der Waals surface area contributed by atoms with Crippen LogP contribution in [0.5, 0.6) is 5.75 Å². The number of ether oxygens (including phenoxy) is 1. The molecule has 1 aromatic heterocycles. The third-order valence-corrected chi connectivity index (χ3v) is 2.17. The molecule has 15 heavy (non-hydrogen) atoms. The number of methoxy groups -OCH3 is 1. The number of aliphatic hydroxyl groups is 1. The number of aliphatic hydroxyl groups excluding tert-OH is 1. The Morgan fingerprint density at radius 2 is 2.07 bits per heavy atom. The average molecular weight is 204 g/mol. The van der Waals surface area contributed by atoms with Crippen molar-refractivity contribution in [2.45, 2.75) is 6.61 Å². The first-order valence-electron chi connectivity index (χ1n) is 4.63. The normalized spacial score (nSPS) is 10.3. The molecule has 0 unspecified atom stereocenters. The molecule has 0 aliphatic rings. The highest BCUT2D eigenvalue weighted by molar-refractivity contribution is 5.59. The van der Waals surface area contributed by atoms with Gasteiger partial charge in [0.15, 0.2) is 0 Å². The molecule has 2 rings (SSSR count). The van der Waals surface area contributed by atoms with E-state index >= 15 is 0 Å². The zero-order chi connectivity index (χ0) is 10.7. The smallest absolute Gasteiger partial charge is 0.132 e. The summed E-state index contributed by atoms with van der Waals surface area (Å²) in [6.45, 7) is -0.0733. The number of aromatic amines is 1. The largest absolute Gasteiger partial charge is 0.497 e. The lowest BCUT2D eigenvalue weighted by atomic mass is 10.2. The summed E-state index contributed by atoms with van der Waals surface area (Å²) in [5.41, 5.74) is 1.81. The van der Waals surface area contributed by atoms with Gasteiger partial charge in [0.2, 0.25) is 0 Å². The van der Waals surface area contributed by atoms with Gasteiger partial charge in [0.05, 0.1) is 12.8 Å². The third kappa shape index (κ3) is 1.99. The summed E-state index contributed by atoms with van der Waals surface area (Å²) >= 11 is 0. The van der Waals surface area contributed by atoms with E-state index in [1.165, 1.54) is 0 Å². The first kappa shape index (κ1) is 9.73. The van der Waals surface area contributed by atoms with Crippen molar-refractivity contribution in [2.24, 2.45) is 0 Å². The molecule has 0 fully saturated rings. The maximum absolute atomic E-state index is 8.87. The lowest BCUT2D eigenvalue weighted by molar-refractivity contribution is 0.272. The Morgan fingerprint density at radius 3 is 2.60 bits per heavy atom. The van der Waals surface area contributed by atoms with Crippen molar-refractivity contribution < 1.29 is 9.84 Å². The van der Waals surface area contributed by atoms with Gasteiger partial charge >= 0.3 is 0 Å². The minimum absolute atomic E-state index is 0.0733. The molecule has 4 nitrogen and oxygen atoms in total. The zero-order valence-electron chi connectivity index (χ0n) is 8.40. The Morgan fingerprint density at radius 1 is 1.33 bits per heavy atom. The van der Waals surface area contributed by atoms with Crippen LogP contribution in [0.15, 0.2) is 30.5 Å². The molecule has 0 saturated carbocycles. The maximum atomic E-state index is 8.87. The van der Waals surface area contributed by atoms with E-state index in [0.717, 1.165) is 17.0 Å². The molecule has 0 amide bonds. The molecule has 0 radical (unpaired) electrons. The Hall–Kier alpha value is -1.81. The van der Waals surface area contributed by atoms with Crippen LogP contribution in [-0.4, -0.2) is 22.2 Å². The van der Waals surface area contributed by atoms with Crippen molar-refractivity contribution in [2.75, 3.05) is 7.11 Å².